The first-order valence-electron chi connectivity index (χ1n) is 6.73. The Labute approximate surface area is 115 Å². The van der Waals surface area contributed by atoms with Gasteiger partial charge >= 0.3 is 0 Å². The van der Waals surface area contributed by atoms with E-state index in [0.29, 0.717) is 26.2 Å². The van der Waals surface area contributed by atoms with E-state index in [-0.39, 0.29) is 5.91 Å². The van der Waals surface area contributed by atoms with E-state index in [2.05, 4.69) is 12.2 Å². The van der Waals surface area contributed by atoms with Gasteiger partial charge in [-0.2, -0.15) is 0 Å². The van der Waals surface area contributed by atoms with Crippen LogP contribution in [0.4, 0.5) is 0 Å². The highest BCUT2D eigenvalue weighted by Gasteiger charge is 2.01. The normalized spacial score (nSPS) is 10.2. The standard InChI is InChI=1S/C15H23NO3/c1-3-13-5-7-14(8-6-13)19-12-9-15(17)16-10-4-11-18-2/h5-8H,3-4,9-12H2,1-2H3,(H,16,17). The Balaban J connectivity index is 2.13. The lowest BCUT2D eigenvalue weighted by molar-refractivity contribution is -0.121. The lowest BCUT2D eigenvalue weighted by Crippen LogP contribution is -2.26. The Morgan fingerprint density at radius 3 is 2.58 bits per heavy atom. The number of methoxy groups -OCH3 is 1. The van der Waals surface area contributed by atoms with Crippen LogP contribution in [0.5, 0.6) is 5.75 Å². The molecule has 4 heteroatoms. The van der Waals surface area contributed by atoms with Gasteiger partial charge in [0.2, 0.25) is 5.91 Å². The van der Waals surface area contributed by atoms with Crippen LogP contribution in [0.2, 0.25) is 0 Å². The average molecular weight is 265 g/mol. The van der Waals surface area contributed by atoms with Gasteiger partial charge in [-0.1, -0.05) is 19.1 Å². The van der Waals surface area contributed by atoms with Gasteiger partial charge in [0.1, 0.15) is 5.75 Å². The van der Waals surface area contributed by atoms with E-state index >= 15 is 0 Å². The van der Waals surface area contributed by atoms with Gasteiger partial charge in [0.05, 0.1) is 13.0 Å². The van der Waals surface area contributed by atoms with Gasteiger partial charge in [-0.05, 0) is 30.5 Å². The molecule has 4 nitrogen and oxygen atoms in total. The zero-order valence-corrected chi connectivity index (χ0v) is 11.8. The van der Waals surface area contributed by atoms with E-state index in [4.69, 9.17) is 9.47 Å². The Bertz CT molecular complexity index is 362. The Morgan fingerprint density at radius 1 is 1.21 bits per heavy atom. The lowest BCUT2D eigenvalue weighted by atomic mass is 10.2. The smallest absolute Gasteiger partial charge is 0.223 e. The third-order valence-corrected chi connectivity index (χ3v) is 2.78. The van der Waals surface area contributed by atoms with Gasteiger partial charge in [0.25, 0.3) is 0 Å². The summed E-state index contributed by atoms with van der Waals surface area (Å²) in [5.41, 5.74) is 1.28. The van der Waals surface area contributed by atoms with Crippen molar-refractivity contribution in [2.24, 2.45) is 0 Å². The van der Waals surface area contributed by atoms with E-state index in [0.717, 1.165) is 18.6 Å². The Morgan fingerprint density at radius 2 is 1.95 bits per heavy atom. The summed E-state index contributed by atoms with van der Waals surface area (Å²) >= 11 is 0. The highest BCUT2D eigenvalue weighted by Crippen LogP contribution is 2.12. The zero-order chi connectivity index (χ0) is 13.9. The van der Waals surface area contributed by atoms with Crippen LogP contribution in [0.25, 0.3) is 0 Å². The van der Waals surface area contributed by atoms with Crippen LogP contribution in [-0.2, 0) is 16.0 Å². The summed E-state index contributed by atoms with van der Waals surface area (Å²) in [5.74, 6) is 0.825. The predicted molar refractivity (Wildman–Crippen MR) is 75.4 cm³/mol. The molecule has 106 valence electrons. The second-order valence-corrected chi connectivity index (χ2v) is 4.29. The second kappa shape index (κ2) is 9.39. The SMILES string of the molecule is CCc1ccc(OCCC(=O)NCCCOC)cc1. The van der Waals surface area contributed by atoms with Crippen LogP contribution in [-0.4, -0.2) is 32.8 Å². The molecule has 1 rings (SSSR count). The molecule has 0 fully saturated rings. The minimum Gasteiger partial charge on any atom is -0.493 e. The van der Waals surface area contributed by atoms with Crippen molar-refractivity contribution in [3.8, 4) is 5.75 Å². The molecule has 0 saturated carbocycles. The summed E-state index contributed by atoms with van der Waals surface area (Å²) in [5, 5.41) is 2.82. The molecular weight excluding hydrogens is 242 g/mol. The van der Waals surface area contributed by atoms with E-state index < -0.39 is 0 Å². The number of amides is 1. The van der Waals surface area contributed by atoms with Crippen LogP contribution >= 0.6 is 0 Å². The summed E-state index contributed by atoms with van der Waals surface area (Å²) in [6.07, 6.45) is 2.23. The van der Waals surface area contributed by atoms with Gasteiger partial charge in [-0.3, -0.25) is 4.79 Å². The van der Waals surface area contributed by atoms with Gasteiger partial charge in [-0.25, -0.2) is 0 Å². The number of aryl methyl sites for hydroxylation is 1. The van der Waals surface area contributed by atoms with Crippen molar-refractivity contribution in [3.63, 3.8) is 0 Å². The number of carbonyl (C=O) groups excluding carboxylic acids is 1. The maximum absolute atomic E-state index is 11.5. The molecule has 1 aromatic carbocycles. The summed E-state index contributed by atoms with van der Waals surface area (Å²) in [7, 11) is 1.65. The van der Waals surface area contributed by atoms with Gasteiger partial charge in [0.15, 0.2) is 0 Å². The van der Waals surface area contributed by atoms with Crippen molar-refractivity contribution in [1.82, 2.24) is 5.32 Å². The molecular formula is C15H23NO3. The fourth-order valence-corrected chi connectivity index (χ4v) is 1.62. The molecule has 0 aromatic heterocycles. The molecule has 0 aliphatic rings. The molecule has 0 radical (unpaired) electrons. The van der Waals surface area contributed by atoms with Gasteiger partial charge in [0, 0.05) is 20.3 Å². The van der Waals surface area contributed by atoms with E-state index in [1.165, 1.54) is 5.56 Å². The minimum absolute atomic E-state index is 0.0151. The molecule has 0 atom stereocenters. The largest absolute Gasteiger partial charge is 0.493 e. The highest BCUT2D eigenvalue weighted by molar-refractivity contribution is 5.75. The maximum atomic E-state index is 11.5. The fraction of sp³-hybridized carbons (Fsp3) is 0.533. The third kappa shape index (κ3) is 6.82. The number of benzene rings is 1. The summed E-state index contributed by atoms with van der Waals surface area (Å²) in [6, 6.07) is 7.96. The van der Waals surface area contributed by atoms with E-state index in [1.54, 1.807) is 7.11 Å². The number of carbonyl (C=O) groups is 1. The first-order chi connectivity index (χ1) is 9.26. The Hall–Kier alpha value is -1.55. The van der Waals surface area contributed by atoms with Gasteiger partial charge in [-0.15, -0.1) is 0 Å². The van der Waals surface area contributed by atoms with Crippen LogP contribution in [0.3, 0.4) is 0 Å². The maximum Gasteiger partial charge on any atom is 0.223 e. The minimum atomic E-state index is 0.0151. The molecule has 19 heavy (non-hydrogen) atoms. The monoisotopic (exact) mass is 265 g/mol. The Kier molecular flexibility index (Phi) is 7.66. The second-order valence-electron chi connectivity index (χ2n) is 4.29. The summed E-state index contributed by atoms with van der Waals surface area (Å²) in [4.78, 5) is 11.5. The zero-order valence-electron chi connectivity index (χ0n) is 11.8. The molecule has 1 amide bonds. The third-order valence-electron chi connectivity index (χ3n) is 2.78. The number of hydrogen-bond donors (Lipinski definition) is 1. The van der Waals surface area contributed by atoms with Crippen LogP contribution < -0.4 is 10.1 Å². The molecule has 0 spiro atoms. The van der Waals surface area contributed by atoms with E-state index in [1.807, 2.05) is 24.3 Å². The number of nitrogens with one attached hydrogen (secondary N) is 1. The van der Waals surface area contributed by atoms with Gasteiger partial charge < -0.3 is 14.8 Å². The first kappa shape index (κ1) is 15.5. The van der Waals surface area contributed by atoms with Crippen LogP contribution in [0.1, 0.15) is 25.3 Å². The molecule has 0 aliphatic carbocycles. The highest BCUT2D eigenvalue weighted by atomic mass is 16.5. The molecule has 0 unspecified atom stereocenters. The van der Waals surface area contributed by atoms with Crippen molar-refractivity contribution >= 4 is 5.91 Å². The topological polar surface area (TPSA) is 47.6 Å². The van der Waals surface area contributed by atoms with Crippen LogP contribution in [0, 0.1) is 0 Å². The molecule has 0 heterocycles. The fourth-order valence-electron chi connectivity index (χ4n) is 1.62. The number of hydrogen-bond acceptors (Lipinski definition) is 3. The first-order valence-corrected chi connectivity index (χ1v) is 6.73. The number of rotatable bonds is 9. The average Bonchev–Trinajstić information content (AvgIpc) is 2.44. The molecule has 1 N–H and O–H groups in total. The van der Waals surface area contributed by atoms with E-state index in [9.17, 15) is 4.79 Å². The van der Waals surface area contributed by atoms with Crippen molar-refractivity contribution in [2.75, 3.05) is 26.9 Å². The quantitative estimate of drug-likeness (QED) is 0.696. The molecule has 0 saturated heterocycles. The van der Waals surface area contributed by atoms with Crippen molar-refractivity contribution in [2.45, 2.75) is 26.2 Å². The number of ether oxygens (including phenoxy) is 2. The predicted octanol–water partition coefficient (Wildman–Crippen LogP) is 2.17. The van der Waals surface area contributed by atoms with Crippen molar-refractivity contribution in [3.05, 3.63) is 29.8 Å². The lowest BCUT2D eigenvalue weighted by Gasteiger charge is -2.07. The molecule has 0 aliphatic heterocycles. The molecule has 1 aromatic rings. The summed E-state index contributed by atoms with van der Waals surface area (Å²) in [6.45, 7) is 3.84. The molecule has 0 bridgehead atoms. The van der Waals surface area contributed by atoms with Crippen molar-refractivity contribution in [1.29, 1.82) is 0 Å². The van der Waals surface area contributed by atoms with Crippen molar-refractivity contribution < 1.29 is 14.3 Å². The summed E-state index contributed by atoms with van der Waals surface area (Å²) < 4.78 is 10.4. The van der Waals surface area contributed by atoms with Crippen LogP contribution in [0.15, 0.2) is 24.3 Å².